The molecular weight excluding hydrogens is 534 g/mol. The van der Waals surface area contributed by atoms with Crippen molar-refractivity contribution in [3.8, 4) is 17.6 Å². The number of carbonyl (C=O) groups is 1. The van der Waals surface area contributed by atoms with Crippen molar-refractivity contribution >= 4 is 11.7 Å². The molecule has 3 aromatic rings. The minimum Gasteiger partial charge on any atom is -0.497 e. The molecule has 0 spiro atoms. The quantitative estimate of drug-likeness (QED) is 0.404. The SMILES string of the molecule is COc1ccc(NC(=O)N2CCC(CN(C)C)CN3C(CN(C)C)[C@H](c4ccc(C#Cc5ccccc5)cc4)[C@@H]3C2)cc1. The molecule has 2 unspecified atom stereocenters. The Morgan fingerprint density at radius 1 is 0.860 bits per heavy atom. The van der Waals surface area contributed by atoms with Gasteiger partial charge < -0.3 is 24.8 Å². The number of nitrogens with zero attached hydrogens (tertiary/aromatic N) is 4. The average Bonchev–Trinajstić information content (AvgIpc) is 2.99. The van der Waals surface area contributed by atoms with Gasteiger partial charge in [0, 0.05) is 67.5 Å². The van der Waals surface area contributed by atoms with Gasteiger partial charge in [-0.3, -0.25) is 4.90 Å². The molecular formula is C36H45N5O2. The van der Waals surface area contributed by atoms with Gasteiger partial charge in [0.25, 0.3) is 0 Å². The van der Waals surface area contributed by atoms with E-state index < -0.39 is 0 Å². The molecule has 2 heterocycles. The number of amides is 2. The van der Waals surface area contributed by atoms with Gasteiger partial charge in [-0.05, 0) is 94.6 Å². The first kappa shape index (κ1) is 30.6. The maximum Gasteiger partial charge on any atom is 0.321 e. The number of ether oxygens (including phenoxy) is 1. The zero-order valence-corrected chi connectivity index (χ0v) is 26.2. The topological polar surface area (TPSA) is 51.3 Å². The lowest BCUT2D eigenvalue weighted by Gasteiger charge is -2.59. The van der Waals surface area contributed by atoms with E-state index in [1.807, 2.05) is 59.5 Å². The molecule has 0 bridgehead atoms. The molecule has 0 aliphatic carbocycles. The van der Waals surface area contributed by atoms with Gasteiger partial charge in [0.2, 0.25) is 0 Å². The Bertz CT molecular complexity index is 1400. The number of urea groups is 1. The van der Waals surface area contributed by atoms with Crippen molar-refractivity contribution in [1.82, 2.24) is 19.6 Å². The van der Waals surface area contributed by atoms with Gasteiger partial charge in [0.1, 0.15) is 5.75 Å². The predicted octanol–water partition coefficient (Wildman–Crippen LogP) is 4.91. The molecule has 3 aromatic carbocycles. The van der Waals surface area contributed by atoms with Crippen molar-refractivity contribution in [3.05, 3.63) is 95.6 Å². The van der Waals surface area contributed by atoms with Crippen molar-refractivity contribution in [2.75, 3.05) is 73.3 Å². The largest absolute Gasteiger partial charge is 0.497 e. The van der Waals surface area contributed by atoms with Gasteiger partial charge in [0.05, 0.1) is 7.11 Å². The molecule has 2 amide bonds. The van der Waals surface area contributed by atoms with Gasteiger partial charge in [-0.2, -0.15) is 0 Å². The third-order valence-electron chi connectivity index (χ3n) is 8.59. The third-order valence-corrected chi connectivity index (χ3v) is 8.59. The summed E-state index contributed by atoms with van der Waals surface area (Å²) in [5, 5.41) is 3.14. The average molecular weight is 580 g/mol. The standard InChI is InChI=1S/C36H45N5O2/c1-38(2)23-29-21-22-40(36(42)37-31-17-19-32(43-5)20-18-31)26-34-35(33(25-39(3)4)41(34)24-29)30-15-13-28(14-16-30)12-11-27-9-7-6-8-10-27/h6-10,13-20,29,33-35H,21-26H2,1-5H3,(H,37,42)/t29?,33?,34-,35-/m0/s1. The lowest BCUT2D eigenvalue weighted by Crippen LogP contribution is -2.70. The van der Waals surface area contributed by atoms with Crippen LogP contribution in [0, 0.1) is 17.8 Å². The number of rotatable bonds is 7. The van der Waals surface area contributed by atoms with E-state index in [1.165, 1.54) is 5.56 Å². The third kappa shape index (κ3) is 7.77. The van der Waals surface area contributed by atoms with E-state index in [2.05, 4.69) is 84.3 Å². The first-order chi connectivity index (χ1) is 20.8. The summed E-state index contributed by atoms with van der Waals surface area (Å²) in [5.74, 6) is 8.17. The number of likely N-dealkylation sites (N-methyl/N-ethyl adjacent to an activating group) is 1. The smallest absolute Gasteiger partial charge is 0.321 e. The van der Waals surface area contributed by atoms with Crippen LogP contribution in [0.15, 0.2) is 78.9 Å². The molecule has 226 valence electrons. The van der Waals surface area contributed by atoms with Crippen molar-refractivity contribution in [1.29, 1.82) is 0 Å². The minimum absolute atomic E-state index is 0.0445. The Morgan fingerprint density at radius 3 is 2.14 bits per heavy atom. The Morgan fingerprint density at radius 2 is 1.51 bits per heavy atom. The summed E-state index contributed by atoms with van der Waals surface area (Å²) in [4.78, 5) is 22.9. The van der Waals surface area contributed by atoms with E-state index in [4.69, 9.17) is 4.74 Å². The normalized spacial score (nSPS) is 22.1. The summed E-state index contributed by atoms with van der Waals surface area (Å²) in [6.07, 6.45) is 0.978. The number of benzene rings is 3. The van der Waals surface area contributed by atoms with Crippen LogP contribution < -0.4 is 10.1 Å². The molecule has 0 saturated carbocycles. The number of nitrogens with one attached hydrogen (secondary N) is 1. The Labute approximate surface area is 257 Å². The molecule has 2 fully saturated rings. The van der Waals surface area contributed by atoms with E-state index in [0.717, 1.165) is 55.2 Å². The second-order valence-electron chi connectivity index (χ2n) is 12.4. The number of hydrogen-bond donors (Lipinski definition) is 1. The van der Waals surface area contributed by atoms with Gasteiger partial charge in [-0.25, -0.2) is 4.79 Å². The summed E-state index contributed by atoms with van der Waals surface area (Å²) < 4.78 is 5.29. The molecule has 7 heteroatoms. The number of hydrogen-bond acceptors (Lipinski definition) is 5. The molecule has 5 rings (SSSR count). The van der Waals surface area contributed by atoms with Crippen LogP contribution in [0.2, 0.25) is 0 Å². The predicted molar refractivity (Wildman–Crippen MR) is 175 cm³/mol. The Hall–Kier alpha value is -3.83. The van der Waals surface area contributed by atoms with Gasteiger partial charge >= 0.3 is 6.03 Å². The van der Waals surface area contributed by atoms with Gasteiger partial charge in [-0.15, -0.1) is 0 Å². The number of carbonyl (C=O) groups excluding carboxylic acids is 1. The first-order valence-corrected chi connectivity index (χ1v) is 15.2. The lowest BCUT2D eigenvalue weighted by molar-refractivity contribution is -0.0590. The number of anilines is 1. The van der Waals surface area contributed by atoms with Crippen LogP contribution in [0.5, 0.6) is 5.75 Å². The molecule has 7 nitrogen and oxygen atoms in total. The molecule has 4 atom stereocenters. The molecule has 2 aliphatic heterocycles. The number of methoxy groups -OCH3 is 1. The van der Waals surface area contributed by atoms with E-state index in [1.54, 1.807) is 7.11 Å². The van der Waals surface area contributed by atoms with Crippen LogP contribution in [0.4, 0.5) is 10.5 Å². The van der Waals surface area contributed by atoms with Gasteiger partial charge in [0.15, 0.2) is 0 Å². The molecule has 0 aromatic heterocycles. The highest BCUT2D eigenvalue weighted by Gasteiger charge is 2.51. The van der Waals surface area contributed by atoms with E-state index in [0.29, 0.717) is 24.4 Å². The highest BCUT2D eigenvalue weighted by Crippen LogP contribution is 2.43. The van der Waals surface area contributed by atoms with E-state index in [-0.39, 0.29) is 12.1 Å². The fraction of sp³-hybridized carbons (Fsp3) is 0.417. The minimum atomic E-state index is -0.0445. The van der Waals surface area contributed by atoms with Crippen molar-refractivity contribution in [3.63, 3.8) is 0 Å². The molecule has 2 aliphatic rings. The summed E-state index contributed by atoms with van der Waals surface area (Å²) in [6, 6.07) is 27.0. The summed E-state index contributed by atoms with van der Waals surface area (Å²) in [6.45, 7) is 4.46. The monoisotopic (exact) mass is 579 g/mol. The summed E-state index contributed by atoms with van der Waals surface area (Å²) in [5.41, 5.74) is 4.12. The van der Waals surface area contributed by atoms with Gasteiger partial charge in [-0.1, -0.05) is 42.2 Å². The van der Waals surface area contributed by atoms with E-state index >= 15 is 0 Å². The first-order valence-electron chi connectivity index (χ1n) is 15.2. The van der Waals surface area contributed by atoms with Crippen molar-refractivity contribution < 1.29 is 9.53 Å². The summed E-state index contributed by atoms with van der Waals surface area (Å²) >= 11 is 0. The van der Waals surface area contributed by atoms with Crippen LogP contribution in [0.25, 0.3) is 0 Å². The summed E-state index contributed by atoms with van der Waals surface area (Å²) in [7, 11) is 10.2. The van der Waals surface area contributed by atoms with Crippen LogP contribution in [-0.4, -0.2) is 106 Å². The maximum atomic E-state index is 13.7. The zero-order valence-electron chi connectivity index (χ0n) is 26.2. The van der Waals surface area contributed by atoms with Crippen LogP contribution in [0.1, 0.15) is 29.0 Å². The van der Waals surface area contributed by atoms with Crippen molar-refractivity contribution in [2.24, 2.45) is 5.92 Å². The lowest BCUT2D eigenvalue weighted by atomic mass is 9.73. The highest BCUT2D eigenvalue weighted by atomic mass is 16.5. The Balaban J connectivity index is 1.39. The van der Waals surface area contributed by atoms with Crippen LogP contribution >= 0.6 is 0 Å². The zero-order chi connectivity index (χ0) is 30.3. The second kappa shape index (κ2) is 14.1. The molecule has 0 radical (unpaired) electrons. The molecule has 43 heavy (non-hydrogen) atoms. The number of fused-ring (bicyclic) bond motifs is 1. The fourth-order valence-electron chi connectivity index (χ4n) is 6.57. The molecule has 2 saturated heterocycles. The highest BCUT2D eigenvalue weighted by molar-refractivity contribution is 5.89. The Kier molecular flexibility index (Phi) is 10.0. The maximum absolute atomic E-state index is 13.7. The second-order valence-corrected chi connectivity index (χ2v) is 12.4. The van der Waals surface area contributed by atoms with Crippen molar-refractivity contribution in [2.45, 2.75) is 24.4 Å². The van der Waals surface area contributed by atoms with Crippen LogP contribution in [0.3, 0.4) is 0 Å². The molecule has 1 N–H and O–H groups in total. The van der Waals surface area contributed by atoms with Crippen LogP contribution in [-0.2, 0) is 0 Å². The van der Waals surface area contributed by atoms with E-state index in [9.17, 15) is 4.79 Å². The fourth-order valence-corrected chi connectivity index (χ4v) is 6.57.